The molecule has 0 aromatic carbocycles. The van der Waals surface area contributed by atoms with E-state index >= 15 is 0 Å². The van der Waals surface area contributed by atoms with E-state index in [1.165, 1.54) is 5.57 Å². The fourth-order valence-electron chi connectivity index (χ4n) is 2.39. The highest BCUT2D eigenvalue weighted by atomic mass is 16.7. The van der Waals surface area contributed by atoms with E-state index in [-0.39, 0.29) is 18.6 Å². The van der Waals surface area contributed by atoms with Crippen molar-refractivity contribution in [3.63, 3.8) is 0 Å². The smallest absolute Gasteiger partial charge is 0.163 e. The summed E-state index contributed by atoms with van der Waals surface area (Å²) in [5.74, 6) is -0.289. The highest BCUT2D eigenvalue weighted by Gasteiger charge is 2.31. The Morgan fingerprint density at radius 2 is 2.15 bits per heavy atom. The number of hydrogen-bond donors (Lipinski definition) is 2. The van der Waals surface area contributed by atoms with Gasteiger partial charge in [0.25, 0.3) is 0 Å². The Morgan fingerprint density at radius 1 is 1.45 bits per heavy atom. The first-order valence-electron chi connectivity index (χ1n) is 7.60. The minimum Gasteiger partial charge on any atom is -0.394 e. The van der Waals surface area contributed by atoms with Gasteiger partial charge in [-0.25, -0.2) is 0 Å². The number of aliphatic hydroxyl groups is 2. The second-order valence-corrected chi connectivity index (χ2v) is 6.36. The van der Waals surface area contributed by atoms with Crippen LogP contribution in [0.5, 0.6) is 0 Å². The minimum absolute atomic E-state index is 0.148. The zero-order valence-corrected chi connectivity index (χ0v) is 13.3. The van der Waals surface area contributed by atoms with Gasteiger partial charge in [-0.2, -0.15) is 0 Å². The van der Waals surface area contributed by atoms with Gasteiger partial charge in [-0.15, -0.1) is 0 Å². The van der Waals surface area contributed by atoms with Gasteiger partial charge in [0.15, 0.2) is 5.79 Å². The van der Waals surface area contributed by atoms with Crippen LogP contribution < -0.4 is 0 Å². The second-order valence-electron chi connectivity index (χ2n) is 6.36. The van der Waals surface area contributed by atoms with Gasteiger partial charge >= 0.3 is 0 Å². The molecule has 4 nitrogen and oxygen atoms in total. The highest BCUT2D eigenvalue weighted by molar-refractivity contribution is 4.99. The van der Waals surface area contributed by atoms with Gasteiger partial charge in [0.1, 0.15) is 0 Å². The molecule has 0 saturated carbocycles. The maximum Gasteiger partial charge on any atom is 0.163 e. The molecule has 0 aromatic heterocycles. The molecule has 1 heterocycles. The van der Waals surface area contributed by atoms with Crippen LogP contribution >= 0.6 is 0 Å². The molecule has 1 saturated heterocycles. The summed E-state index contributed by atoms with van der Waals surface area (Å²) in [5, 5.41) is 18.4. The fourth-order valence-corrected chi connectivity index (χ4v) is 2.39. The summed E-state index contributed by atoms with van der Waals surface area (Å²) in [4.78, 5) is 0. The summed E-state index contributed by atoms with van der Waals surface area (Å²) < 4.78 is 11.3. The number of ether oxygens (including phenoxy) is 2. The highest BCUT2D eigenvalue weighted by Crippen LogP contribution is 2.25. The molecule has 4 heteroatoms. The molecule has 0 aliphatic carbocycles. The Labute approximate surface area is 122 Å². The number of allylic oxidation sites excluding steroid dienone is 1. The molecule has 118 valence electrons. The van der Waals surface area contributed by atoms with Crippen LogP contribution in [0.1, 0.15) is 53.4 Å². The van der Waals surface area contributed by atoms with Crippen molar-refractivity contribution >= 4 is 0 Å². The molecule has 0 spiro atoms. The Kier molecular flexibility index (Phi) is 7.17. The van der Waals surface area contributed by atoms with Crippen LogP contribution in [-0.2, 0) is 9.47 Å². The third kappa shape index (κ3) is 6.35. The van der Waals surface area contributed by atoms with Crippen molar-refractivity contribution in [1.82, 2.24) is 0 Å². The Morgan fingerprint density at radius 3 is 2.70 bits per heavy atom. The molecule has 0 bridgehead atoms. The quantitative estimate of drug-likeness (QED) is 0.673. The zero-order valence-electron chi connectivity index (χ0n) is 13.3. The lowest BCUT2D eigenvalue weighted by atomic mass is 9.96. The number of rotatable bonds is 8. The maximum atomic E-state index is 9.49. The van der Waals surface area contributed by atoms with Crippen LogP contribution in [0, 0.1) is 5.92 Å². The maximum absolute atomic E-state index is 9.49. The molecule has 0 radical (unpaired) electrons. The molecule has 0 amide bonds. The predicted octanol–water partition coefficient (Wildman–Crippen LogP) is 2.63. The summed E-state index contributed by atoms with van der Waals surface area (Å²) in [6.45, 7) is 8.51. The lowest BCUT2D eigenvalue weighted by Gasteiger charge is -2.17. The van der Waals surface area contributed by atoms with Crippen molar-refractivity contribution in [3.05, 3.63) is 11.6 Å². The van der Waals surface area contributed by atoms with Crippen LogP contribution in [0.15, 0.2) is 11.6 Å². The SMILES string of the molecule is C/C(=C\C[C@H]1COC(C)(C)O1)CCC[C@H](C)[C@@H](O)CO. The first-order chi connectivity index (χ1) is 9.34. The van der Waals surface area contributed by atoms with Gasteiger partial charge in [0.2, 0.25) is 0 Å². The molecule has 3 atom stereocenters. The second kappa shape index (κ2) is 8.13. The topological polar surface area (TPSA) is 58.9 Å². The third-order valence-electron chi connectivity index (χ3n) is 3.87. The van der Waals surface area contributed by atoms with Crippen molar-refractivity contribution in [2.45, 2.75) is 71.4 Å². The molecular weight excluding hydrogens is 256 g/mol. The van der Waals surface area contributed by atoms with E-state index < -0.39 is 11.9 Å². The van der Waals surface area contributed by atoms with E-state index in [9.17, 15) is 5.11 Å². The van der Waals surface area contributed by atoms with E-state index in [1.54, 1.807) is 0 Å². The van der Waals surface area contributed by atoms with Gasteiger partial charge in [0, 0.05) is 0 Å². The predicted molar refractivity (Wildman–Crippen MR) is 79.4 cm³/mol. The summed E-state index contributed by atoms with van der Waals surface area (Å²) in [5.41, 5.74) is 1.35. The first kappa shape index (κ1) is 17.6. The Balaban J connectivity index is 2.19. The normalized spacial score (nSPS) is 25.7. The minimum atomic E-state index is -0.592. The van der Waals surface area contributed by atoms with Gasteiger partial charge in [0.05, 0.1) is 25.4 Å². The average Bonchev–Trinajstić information content (AvgIpc) is 2.74. The molecule has 1 aliphatic rings. The Bertz CT molecular complexity index is 312. The third-order valence-corrected chi connectivity index (χ3v) is 3.87. The summed E-state index contributed by atoms with van der Waals surface area (Å²) in [6.07, 6.45) is 5.68. The summed E-state index contributed by atoms with van der Waals surface area (Å²) in [7, 11) is 0. The van der Waals surface area contributed by atoms with Gasteiger partial charge in [-0.05, 0) is 52.4 Å². The molecule has 0 aromatic rings. The van der Waals surface area contributed by atoms with Crippen molar-refractivity contribution in [2.24, 2.45) is 5.92 Å². The van der Waals surface area contributed by atoms with Crippen molar-refractivity contribution in [1.29, 1.82) is 0 Å². The standard InChI is InChI=1S/C16H30O4/c1-12(6-5-7-13(2)15(18)10-17)8-9-14-11-19-16(3,4)20-14/h8,13-15,17-18H,5-7,9-11H2,1-4H3/b12-8+/t13-,14-,15-/m0/s1. The van der Waals surface area contributed by atoms with Gasteiger partial charge < -0.3 is 19.7 Å². The monoisotopic (exact) mass is 286 g/mol. The zero-order chi connectivity index (χ0) is 15.2. The van der Waals surface area contributed by atoms with Crippen LogP contribution in [0.2, 0.25) is 0 Å². The van der Waals surface area contributed by atoms with E-state index in [0.717, 1.165) is 25.7 Å². The number of aliphatic hydroxyl groups excluding tert-OH is 2. The molecule has 1 aliphatic heterocycles. The largest absolute Gasteiger partial charge is 0.394 e. The molecule has 20 heavy (non-hydrogen) atoms. The van der Waals surface area contributed by atoms with Crippen molar-refractivity contribution in [3.8, 4) is 0 Å². The first-order valence-corrected chi connectivity index (χ1v) is 7.60. The molecular formula is C16H30O4. The summed E-state index contributed by atoms with van der Waals surface area (Å²) in [6, 6.07) is 0. The number of hydrogen-bond acceptors (Lipinski definition) is 4. The van der Waals surface area contributed by atoms with Crippen LogP contribution in [0.3, 0.4) is 0 Å². The molecule has 1 fully saturated rings. The average molecular weight is 286 g/mol. The van der Waals surface area contributed by atoms with E-state index in [0.29, 0.717) is 6.61 Å². The van der Waals surface area contributed by atoms with Gasteiger partial charge in [-0.1, -0.05) is 18.6 Å². The van der Waals surface area contributed by atoms with Crippen LogP contribution in [-0.4, -0.2) is 41.4 Å². The molecule has 0 unspecified atom stereocenters. The van der Waals surface area contributed by atoms with Gasteiger partial charge in [-0.3, -0.25) is 0 Å². The molecule has 2 N–H and O–H groups in total. The van der Waals surface area contributed by atoms with Crippen LogP contribution in [0.4, 0.5) is 0 Å². The van der Waals surface area contributed by atoms with Crippen LogP contribution in [0.25, 0.3) is 0 Å². The van der Waals surface area contributed by atoms with Crippen molar-refractivity contribution in [2.75, 3.05) is 13.2 Å². The van der Waals surface area contributed by atoms with Crippen molar-refractivity contribution < 1.29 is 19.7 Å². The van der Waals surface area contributed by atoms with E-state index in [4.69, 9.17) is 14.6 Å². The molecule has 1 rings (SSSR count). The lowest BCUT2D eigenvalue weighted by Crippen LogP contribution is -2.21. The Hall–Kier alpha value is -0.420. The summed E-state index contributed by atoms with van der Waals surface area (Å²) >= 11 is 0. The fraction of sp³-hybridized carbons (Fsp3) is 0.875. The lowest BCUT2D eigenvalue weighted by molar-refractivity contribution is -0.137. The van der Waals surface area contributed by atoms with E-state index in [1.807, 2.05) is 20.8 Å². The van der Waals surface area contributed by atoms with E-state index in [2.05, 4.69) is 13.0 Å².